The number of rotatable bonds is 10. The predicted octanol–water partition coefficient (Wildman–Crippen LogP) is 4.46. The van der Waals surface area contributed by atoms with Gasteiger partial charge in [-0.3, -0.25) is 14.4 Å². The van der Waals surface area contributed by atoms with Crippen molar-refractivity contribution in [1.29, 1.82) is 5.26 Å². The number of alkyl carbamates (subject to hydrolysis) is 1. The van der Waals surface area contributed by atoms with Crippen LogP contribution in [0.25, 0.3) is 0 Å². The number of nitrogens with one attached hydrogen (secondary N) is 2. The summed E-state index contributed by atoms with van der Waals surface area (Å²) in [5.41, 5.74) is 7.46. The van der Waals surface area contributed by atoms with Gasteiger partial charge in [0.25, 0.3) is 5.91 Å². The van der Waals surface area contributed by atoms with Gasteiger partial charge in [0.05, 0.1) is 16.8 Å². The van der Waals surface area contributed by atoms with Gasteiger partial charge in [-0.1, -0.05) is 41.9 Å². The fraction of sp³-hybridized carbons (Fsp3) is 0.414. The lowest BCUT2D eigenvalue weighted by atomic mass is 9.93. The number of ether oxygens (including phenoxy) is 1. The van der Waals surface area contributed by atoms with Gasteiger partial charge in [0, 0.05) is 6.42 Å². The molecule has 0 fully saturated rings. The zero-order valence-electron chi connectivity index (χ0n) is 23.6. The zero-order valence-corrected chi connectivity index (χ0v) is 24.4. The van der Waals surface area contributed by atoms with Crippen LogP contribution in [0.3, 0.4) is 0 Å². The highest BCUT2D eigenvalue weighted by Gasteiger charge is 2.38. The van der Waals surface area contributed by atoms with Gasteiger partial charge < -0.3 is 26.0 Å². The molecule has 10 nitrogen and oxygen atoms in total. The summed E-state index contributed by atoms with van der Waals surface area (Å²) in [6, 6.07) is 9.92. The number of aryl methyl sites for hydroxylation is 3. The number of carbonyl (C=O) groups is 4. The summed E-state index contributed by atoms with van der Waals surface area (Å²) in [5.74, 6) is -2.05. The molecule has 2 rings (SSSR count). The molecule has 2 atom stereocenters. The quantitative estimate of drug-likeness (QED) is 0.359. The molecule has 0 aliphatic rings. The molecule has 0 saturated heterocycles. The number of nitriles is 1. The van der Waals surface area contributed by atoms with Gasteiger partial charge in [0.1, 0.15) is 24.2 Å². The maximum atomic E-state index is 14.0. The van der Waals surface area contributed by atoms with E-state index in [0.717, 1.165) is 4.90 Å². The summed E-state index contributed by atoms with van der Waals surface area (Å²) in [7, 11) is 0. The third-order valence-electron chi connectivity index (χ3n) is 6.04. The Morgan fingerprint density at radius 3 is 2.15 bits per heavy atom. The monoisotopic (exact) mass is 569 g/mol. The third-order valence-corrected chi connectivity index (χ3v) is 6.35. The maximum absolute atomic E-state index is 14.0. The molecule has 0 aliphatic carbocycles. The van der Waals surface area contributed by atoms with E-state index in [-0.39, 0.29) is 12.8 Å². The van der Waals surface area contributed by atoms with E-state index in [1.807, 2.05) is 12.1 Å². The van der Waals surface area contributed by atoms with Gasteiger partial charge in [-0.25, -0.2) is 4.79 Å². The summed E-state index contributed by atoms with van der Waals surface area (Å²) >= 11 is 6.37. The average molecular weight is 570 g/mol. The number of primary amides is 1. The van der Waals surface area contributed by atoms with Crippen molar-refractivity contribution in [2.75, 3.05) is 11.9 Å². The first kappa shape index (κ1) is 32.1. The van der Waals surface area contributed by atoms with Crippen LogP contribution in [-0.4, -0.2) is 46.9 Å². The SMILES string of the molecule is Cc1cccc(Cl)c1NC(=O)C(c1c(C)cccc1C)N(CC#N)C(=O)C(CCC(N)=O)NC(=O)OC(C)(C)C. The van der Waals surface area contributed by atoms with Crippen LogP contribution < -0.4 is 16.4 Å². The molecule has 0 aliphatic heterocycles. The minimum Gasteiger partial charge on any atom is -0.444 e. The fourth-order valence-corrected chi connectivity index (χ4v) is 4.50. The van der Waals surface area contributed by atoms with Crippen LogP contribution in [0.5, 0.6) is 0 Å². The van der Waals surface area contributed by atoms with Gasteiger partial charge in [0.15, 0.2) is 0 Å². The Morgan fingerprint density at radius 1 is 1.05 bits per heavy atom. The minimum atomic E-state index is -1.31. The van der Waals surface area contributed by atoms with Crippen molar-refractivity contribution in [2.24, 2.45) is 5.73 Å². The number of benzene rings is 2. The summed E-state index contributed by atoms with van der Waals surface area (Å²) < 4.78 is 5.31. The smallest absolute Gasteiger partial charge is 0.408 e. The Hall–Kier alpha value is -4.10. The molecular weight excluding hydrogens is 534 g/mol. The van der Waals surface area contributed by atoms with E-state index in [2.05, 4.69) is 10.6 Å². The molecule has 0 aromatic heterocycles. The summed E-state index contributed by atoms with van der Waals surface area (Å²) in [5, 5.41) is 15.3. The Kier molecular flexibility index (Phi) is 11.1. The largest absolute Gasteiger partial charge is 0.444 e. The van der Waals surface area contributed by atoms with Gasteiger partial charge >= 0.3 is 6.09 Å². The molecule has 0 spiro atoms. The Balaban J connectivity index is 2.63. The maximum Gasteiger partial charge on any atom is 0.408 e. The number of nitrogens with two attached hydrogens (primary N) is 1. The molecule has 2 aromatic carbocycles. The first-order valence-electron chi connectivity index (χ1n) is 12.7. The highest BCUT2D eigenvalue weighted by Crippen LogP contribution is 2.32. The second-order valence-corrected chi connectivity index (χ2v) is 10.9. The molecule has 0 saturated carbocycles. The number of nitrogens with zero attached hydrogens (tertiary/aromatic N) is 2. The van der Waals surface area contributed by atoms with Crippen LogP contribution in [0.15, 0.2) is 36.4 Å². The second-order valence-electron chi connectivity index (χ2n) is 10.5. The van der Waals surface area contributed by atoms with Crippen molar-refractivity contribution in [3.8, 4) is 6.07 Å². The van der Waals surface area contributed by atoms with Crippen LogP contribution in [0.1, 0.15) is 61.9 Å². The van der Waals surface area contributed by atoms with Crippen molar-refractivity contribution in [3.05, 3.63) is 63.7 Å². The van der Waals surface area contributed by atoms with Crippen molar-refractivity contribution < 1.29 is 23.9 Å². The van der Waals surface area contributed by atoms with E-state index in [1.54, 1.807) is 71.9 Å². The topological polar surface area (TPSA) is 155 Å². The van der Waals surface area contributed by atoms with Crippen molar-refractivity contribution in [2.45, 2.75) is 72.1 Å². The molecule has 11 heteroatoms. The fourth-order valence-electron chi connectivity index (χ4n) is 4.24. The molecule has 4 amide bonds. The van der Waals surface area contributed by atoms with Crippen LogP contribution in [-0.2, 0) is 19.1 Å². The van der Waals surface area contributed by atoms with E-state index >= 15 is 0 Å². The summed E-state index contributed by atoms with van der Waals surface area (Å²) in [6.45, 7) is 9.85. The number of hydrogen-bond donors (Lipinski definition) is 3. The van der Waals surface area contributed by atoms with Gasteiger partial charge in [0.2, 0.25) is 11.8 Å². The Bertz CT molecular complexity index is 1270. The van der Waals surface area contributed by atoms with Gasteiger partial charge in [-0.05, 0) is 76.3 Å². The zero-order chi connectivity index (χ0) is 30.2. The lowest BCUT2D eigenvalue weighted by Gasteiger charge is -2.34. The second kappa shape index (κ2) is 13.8. The predicted molar refractivity (Wildman–Crippen MR) is 152 cm³/mol. The number of halogens is 1. The van der Waals surface area contributed by atoms with Crippen LogP contribution in [0, 0.1) is 32.1 Å². The number of hydrogen-bond acceptors (Lipinski definition) is 6. The first-order chi connectivity index (χ1) is 18.7. The molecule has 0 radical (unpaired) electrons. The summed E-state index contributed by atoms with van der Waals surface area (Å²) in [4.78, 5) is 53.3. The van der Waals surface area contributed by atoms with E-state index < -0.39 is 48.0 Å². The van der Waals surface area contributed by atoms with Crippen LogP contribution in [0.2, 0.25) is 5.02 Å². The molecule has 0 bridgehead atoms. The number of anilines is 1. The standard InChI is InChI=1S/C29H36ClN5O5/c1-17-9-7-10-18(2)23(17)25(26(37)34-24-19(3)11-8-12-20(24)30)35(16-15-31)27(38)21(13-14-22(32)36)33-28(39)40-29(4,5)6/h7-12,21,25H,13-14,16H2,1-6H3,(H2,32,36)(H,33,39)(H,34,37). The highest BCUT2D eigenvalue weighted by molar-refractivity contribution is 6.34. The van der Waals surface area contributed by atoms with Crippen LogP contribution in [0.4, 0.5) is 10.5 Å². The normalized spacial score (nSPS) is 12.4. The first-order valence-corrected chi connectivity index (χ1v) is 13.1. The van der Waals surface area contributed by atoms with Crippen molar-refractivity contribution >= 4 is 41.1 Å². The number of para-hydroxylation sites is 1. The van der Waals surface area contributed by atoms with Crippen molar-refractivity contribution in [1.82, 2.24) is 10.2 Å². The molecular formula is C29H36ClN5O5. The van der Waals surface area contributed by atoms with E-state index in [0.29, 0.717) is 33.0 Å². The van der Waals surface area contributed by atoms with E-state index in [4.69, 9.17) is 22.1 Å². The average Bonchev–Trinajstić information content (AvgIpc) is 2.83. The van der Waals surface area contributed by atoms with Gasteiger partial charge in [-0.2, -0.15) is 5.26 Å². The van der Waals surface area contributed by atoms with E-state index in [9.17, 15) is 24.4 Å². The minimum absolute atomic E-state index is 0.167. The van der Waals surface area contributed by atoms with Crippen molar-refractivity contribution in [3.63, 3.8) is 0 Å². The number of carbonyl (C=O) groups excluding carboxylic acids is 4. The molecule has 2 aromatic rings. The molecule has 0 heterocycles. The van der Waals surface area contributed by atoms with Crippen LogP contribution >= 0.6 is 11.6 Å². The Labute approximate surface area is 239 Å². The molecule has 2 unspecified atom stereocenters. The third kappa shape index (κ3) is 8.71. The molecule has 214 valence electrons. The molecule has 4 N–H and O–H groups in total. The lowest BCUT2D eigenvalue weighted by molar-refractivity contribution is -0.140. The summed E-state index contributed by atoms with van der Waals surface area (Å²) in [6.07, 6.45) is -1.29. The Morgan fingerprint density at radius 2 is 1.62 bits per heavy atom. The molecule has 40 heavy (non-hydrogen) atoms. The number of amides is 4. The highest BCUT2D eigenvalue weighted by atomic mass is 35.5. The van der Waals surface area contributed by atoms with E-state index in [1.165, 1.54) is 0 Å². The van der Waals surface area contributed by atoms with Gasteiger partial charge in [-0.15, -0.1) is 0 Å². The lowest BCUT2D eigenvalue weighted by Crippen LogP contribution is -2.53.